The van der Waals surface area contributed by atoms with Gasteiger partial charge in [0.25, 0.3) is 0 Å². The van der Waals surface area contributed by atoms with Crippen LogP contribution in [0.4, 0.5) is 0 Å². The summed E-state index contributed by atoms with van der Waals surface area (Å²) in [5, 5.41) is 2.06. The summed E-state index contributed by atoms with van der Waals surface area (Å²) in [5.74, 6) is 0. The van der Waals surface area contributed by atoms with Crippen molar-refractivity contribution >= 4 is 22.5 Å². The lowest BCUT2D eigenvalue weighted by molar-refractivity contribution is 0.0790. The van der Waals surface area contributed by atoms with Gasteiger partial charge in [-0.2, -0.15) is 0 Å². The monoisotopic (exact) mass is 411 g/mol. The minimum absolute atomic E-state index is 0.0465. The summed E-state index contributed by atoms with van der Waals surface area (Å²) in [6, 6.07) is 8.77. The van der Waals surface area contributed by atoms with Gasteiger partial charge in [0.2, 0.25) is 0 Å². The molecule has 0 unspecified atom stereocenters. The number of rotatable bonds is 5. The minimum atomic E-state index is 0.0465. The molecule has 3 aromatic heterocycles. The molecule has 0 bridgehead atoms. The molecular weight excluding hydrogens is 382 g/mol. The van der Waals surface area contributed by atoms with Crippen LogP contribution < -0.4 is 5.69 Å². The Hall–Kier alpha value is -1.96. The van der Waals surface area contributed by atoms with Crippen molar-refractivity contribution in [3.63, 3.8) is 0 Å². The summed E-state index contributed by atoms with van der Waals surface area (Å²) >= 11 is 1.69. The fraction of sp³-hybridized carbons (Fsp3) is 0.545. The van der Waals surface area contributed by atoms with Crippen LogP contribution in [0.25, 0.3) is 11.2 Å². The molecule has 5 heterocycles. The zero-order chi connectivity index (χ0) is 19.6. The number of aromatic nitrogens is 3. The van der Waals surface area contributed by atoms with Gasteiger partial charge in [0.15, 0.2) is 5.65 Å². The fourth-order valence-electron chi connectivity index (χ4n) is 4.89. The van der Waals surface area contributed by atoms with Crippen LogP contribution in [0.15, 0.2) is 40.6 Å². The third-order valence-electron chi connectivity index (χ3n) is 6.47. The van der Waals surface area contributed by atoms with Gasteiger partial charge < -0.3 is 4.90 Å². The Bertz CT molecular complexity index is 994. The molecule has 0 radical (unpaired) electrons. The van der Waals surface area contributed by atoms with E-state index in [1.807, 2.05) is 27.3 Å². The van der Waals surface area contributed by atoms with Gasteiger partial charge in [-0.15, -0.1) is 11.3 Å². The third kappa shape index (κ3) is 3.91. The number of imidazole rings is 1. The maximum absolute atomic E-state index is 13.3. The molecular formula is C22H29N5OS. The maximum Gasteiger partial charge on any atom is 0.331 e. The van der Waals surface area contributed by atoms with E-state index in [4.69, 9.17) is 0 Å². The average molecular weight is 412 g/mol. The second-order valence-corrected chi connectivity index (χ2v) is 9.34. The predicted octanol–water partition coefficient (Wildman–Crippen LogP) is 3.22. The zero-order valence-corrected chi connectivity index (χ0v) is 17.7. The molecule has 3 aromatic rings. The molecule has 2 aliphatic heterocycles. The average Bonchev–Trinajstić information content (AvgIpc) is 3.38. The van der Waals surface area contributed by atoms with E-state index in [0.29, 0.717) is 13.2 Å². The first kappa shape index (κ1) is 19.0. The van der Waals surface area contributed by atoms with E-state index in [1.54, 1.807) is 17.5 Å². The van der Waals surface area contributed by atoms with Crippen LogP contribution in [-0.2, 0) is 13.2 Å². The van der Waals surface area contributed by atoms with Gasteiger partial charge in [0, 0.05) is 30.2 Å². The number of pyridine rings is 1. The van der Waals surface area contributed by atoms with Gasteiger partial charge in [0.1, 0.15) is 0 Å². The van der Waals surface area contributed by atoms with Crippen molar-refractivity contribution in [2.24, 2.45) is 0 Å². The van der Waals surface area contributed by atoms with E-state index in [-0.39, 0.29) is 5.69 Å². The highest BCUT2D eigenvalue weighted by atomic mass is 32.1. The summed E-state index contributed by atoms with van der Waals surface area (Å²) in [4.78, 5) is 24.1. The molecule has 0 spiro atoms. The highest BCUT2D eigenvalue weighted by molar-refractivity contribution is 7.09. The van der Waals surface area contributed by atoms with E-state index in [0.717, 1.165) is 30.3 Å². The Morgan fingerprint density at radius 3 is 2.59 bits per heavy atom. The minimum Gasteiger partial charge on any atom is -0.300 e. The second-order valence-electron chi connectivity index (χ2n) is 8.31. The molecule has 7 heteroatoms. The van der Waals surface area contributed by atoms with Crippen molar-refractivity contribution in [3.05, 3.63) is 51.2 Å². The van der Waals surface area contributed by atoms with Crippen LogP contribution in [0, 0.1) is 0 Å². The van der Waals surface area contributed by atoms with Gasteiger partial charge in [-0.1, -0.05) is 12.5 Å². The van der Waals surface area contributed by atoms with Crippen molar-refractivity contribution in [1.82, 2.24) is 23.9 Å². The molecule has 29 heavy (non-hydrogen) atoms. The van der Waals surface area contributed by atoms with Gasteiger partial charge in [-0.25, -0.2) is 9.78 Å². The van der Waals surface area contributed by atoms with E-state index in [1.165, 1.54) is 50.1 Å². The lowest BCUT2D eigenvalue weighted by Gasteiger charge is -2.40. The molecule has 2 fully saturated rings. The van der Waals surface area contributed by atoms with E-state index >= 15 is 0 Å². The Morgan fingerprint density at radius 1 is 1.00 bits per heavy atom. The molecule has 0 saturated carbocycles. The molecule has 2 aliphatic rings. The Balaban J connectivity index is 1.33. The summed E-state index contributed by atoms with van der Waals surface area (Å²) in [7, 11) is 0. The molecule has 0 aliphatic carbocycles. The third-order valence-corrected chi connectivity index (χ3v) is 7.34. The Morgan fingerprint density at radius 2 is 1.83 bits per heavy atom. The second kappa shape index (κ2) is 8.42. The lowest BCUT2D eigenvalue weighted by Crippen LogP contribution is -2.47. The van der Waals surface area contributed by atoms with Crippen LogP contribution in [0.2, 0.25) is 0 Å². The van der Waals surface area contributed by atoms with Gasteiger partial charge >= 0.3 is 5.69 Å². The summed E-state index contributed by atoms with van der Waals surface area (Å²) in [6.45, 7) is 5.89. The number of hydrogen-bond donors (Lipinski definition) is 0. The maximum atomic E-state index is 13.3. The standard InChI is InChI=1S/C22H29N5OS/c28-22-26(16-19-6-5-15-29-19)20-7-4-10-23-21(20)27(22)17-24-13-8-18(9-14-24)25-11-2-1-3-12-25/h4-7,10,15,18H,1-3,8-9,11-14,16-17H2. The first-order chi connectivity index (χ1) is 14.3. The predicted molar refractivity (Wildman–Crippen MR) is 117 cm³/mol. The first-order valence-corrected chi connectivity index (χ1v) is 11.7. The normalized spacial score (nSPS) is 19.9. The van der Waals surface area contributed by atoms with Crippen molar-refractivity contribution < 1.29 is 0 Å². The highest BCUT2D eigenvalue weighted by Gasteiger charge is 2.26. The molecule has 2 saturated heterocycles. The summed E-state index contributed by atoms with van der Waals surface area (Å²) < 4.78 is 3.73. The molecule has 6 nitrogen and oxygen atoms in total. The van der Waals surface area contributed by atoms with Crippen molar-refractivity contribution in [1.29, 1.82) is 0 Å². The van der Waals surface area contributed by atoms with Gasteiger partial charge in [0.05, 0.1) is 18.7 Å². The quantitative estimate of drug-likeness (QED) is 0.647. The van der Waals surface area contributed by atoms with E-state index < -0.39 is 0 Å². The number of nitrogens with zero attached hydrogens (tertiary/aromatic N) is 5. The van der Waals surface area contributed by atoms with Gasteiger partial charge in [-0.3, -0.25) is 14.0 Å². The van der Waals surface area contributed by atoms with Gasteiger partial charge in [-0.05, 0) is 62.4 Å². The Labute approximate surface area is 175 Å². The molecule has 0 N–H and O–H groups in total. The van der Waals surface area contributed by atoms with E-state index in [9.17, 15) is 4.79 Å². The number of hydrogen-bond acceptors (Lipinski definition) is 5. The number of thiophene rings is 1. The smallest absolute Gasteiger partial charge is 0.300 e. The SMILES string of the molecule is O=c1n(Cc2cccs2)c2cccnc2n1CN1CCC(N2CCCCC2)CC1. The largest absolute Gasteiger partial charge is 0.331 e. The van der Waals surface area contributed by atoms with E-state index in [2.05, 4.69) is 26.2 Å². The molecule has 0 aromatic carbocycles. The molecule has 154 valence electrons. The zero-order valence-electron chi connectivity index (χ0n) is 16.9. The highest BCUT2D eigenvalue weighted by Crippen LogP contribution is 2.22. The number of fused-ring (bicyclic) bond motifs is 1. The van der Waals surface area contributed by atoms with Crippen LogP contribution in [-0.4, -0.2) is 56.1 Å². The molecule has 0 atom stereocenters. The first-order valence-electron chi connectivity index (χ1n) is 10.8. The lowest BCUT2D eigenvalue weighted by atomic mass is 10.0. The van der Waals surface area contributed by atoms with Crippen molar-refractivity contribution in [3.8, 4) is 0 Å². The van der Waals surface area contributed by atoms with Crippen molar-refractivity contribution in [2.75, 3.05) is 26.2 Å². The topological polar surface area (TPSA) is 46.3 Å². The summed E-state index contributed by atoms with van der Waals surface area (Å²) in [5.41, 5.74) is 1.77. The number of piperidine rings is 2. The van der Waals surface area contributed by atoms with Crippen LogP contribution in [0.1, 0.15) is 37.0 Å². The van der Waals surface area contributed by atoms with Crippen molar-refractivity contribution in [2.45, 2.75) is 51.4 Å². The van der Waals surface area contributed by atoms with Crippen LogP contribution >= 0.6 is 11.3 Å². The Kier molecular flexibility index (Phi) is 5.52. The van der Waals surface area contributed by atoms with Crippen LogP contribution in [0.3, 0.4) is 0 Å². The van der Waals surface area contributed by atoms with Crippen LogP contribution in [0.5, 0.6) is 0 Å². The molecule has 0 amide bonds. The molecule has 5 rings (SSSR count). The fourth-order valence-corrected chi connectivity index (χ4v) is 5.59. The summed E-state index contributed by atoms with van der Waals surface area (Å²) in [6.07, 6.45) is 8.29. The number of likely N-dealkylation sites (tertiary alicyclic amines) is 2.